The van der Waals surface area contributed by atoms with Gasteiger partial charge in [0, 0.05) is 24.7 Å². The number of ether oxygens (including phenoxy) is 1. The maximum absolute atomic E-state index is 12.7. The summed E-state index contributed by atoms with van der Waals surface area (Å²) in [6.45, 7) is 13.4. The molecule has 0 saturated carbocycles. The Labute approximate surface area is 173 Å². The Morgan fingerprint density at radius 2 is 2.17 bits per heavy atom. The highest BCUT2D eigenvalue weighted by Crippen LogP contribution is 2.24. The van der Waals surface area contributed by atoms with E-state index < -0.39 is 28.2 Å². The summed E-state index contributed by atoms with van der Waals surface area (Å²) in [6.07, 6.45) is 2.38. The van der Waals surface area contributed by atoms with Gasteiger partial charge in [0.15, 0.2) is 0 Å². The molecule has 1 aliphatic rings. The fourth-order valence-corrected chi connectivity index (χ4v) is 4.56. The van der Waals surface area contributed by atoms with Crippen LogP contribution in [0, 0.1) is 0 Å². The highest BCUT2D eigenvalue weighted by molar-refractivity contribution is 7.89. The van der Waals surface area contributed by atoms with Crippen LogP contribution < -0.4 is 4.72 Å². The van der Waals surface area contributed by atoms with Crippen molar-refractivity contribution in [3.63, 3.8) is 0 Å². The molecule has 1 fully saturated rings. The predicted molar refractivity (Wildman–Crippen MR) is 115 cm³/mol. The lowest BCUT2D eigenvalue weighted by Crippen LogP contribution is -2.58. The molecule has 1 saturated heterocycles. The van der Waals surface area contributed by atoms with Gasteiger partial charge in [0.1, 0.15) is 0 Å². The highest BCUT2D eigenvalue weighted by Gasteiger charge is 2.37. The van der Waals surface area contributed by atoms with E-state index in [1.807, 2.05) is 25.1 Å². The zero-order chi connectivity index (χ0) is 21.6. The molecule has 0 aliphatic carbocycles. The van der Waals surface area contributed by atoms with Crippen molar-refractivity contribution in [2.75, 3.05) is 12.3 Å². The number of amides is 1. The summed E-state index contributed by atoms with van der Waals surface area (Å²) in [6, 6.07) is 4.82. The third kappa shape index (κ3) is 6.68. The van der Waals surface area contributed by atoms with Crippen molar-refractivity contribution in [2.24, 2.45) is 0 Å². The molecule has 2 heterocycles. The molecule has 1 N–H and O–H groups in total. The predicted octanol–water partition coefficient (Wildman–Crippen LogP) is 3.14. The summed E-state index contributed by atoms with van der Waals surface area (Å²) in [5.74, 6) is -0.171. The second kappa shape index (κ2) is 10.0. The largest absolute Gasteiger partial charge is 0.447 e. The van der Waals surface area contributed by atoms with Crippen molar-refractivity contribution >= 4 is 21.7 Å². The monoisotopic (exact) mass is 421 g/mol. The van der Waals surface area contributed by atoms with Crippen molar-refractivity contribution < 1.29 is 17.9 Å². The van der Waals surface area contributed by atoms with Crippen LogP contribution in [0.3, 0.4) is 0 Å². The Hall–Kier alpha value is -2.19. The van der Waals surface area contributed by atoms with Gasteiger partial charge in [-0.2, -0.15) is 0 Å². The Bertz CT molecular complexity index is 851. The van der Waals surface area contributed by atoms with E-state index in [9.17, 15) is 13.2 Å². The summed E-state index contributed by atoms with van der Waals surface area (Å²) in [4.78, 5) is 18.9. The molecule has 1 aliphatic heterocycles. The lowest BCUT2D eigenvalue weighted by molar-refractivity contribution is 0.0459. The average Bonchev–Trinajstić information content (AvgIpc) is 2.62. The molecule has 29 heavy (non-hydrogen) atoms. The van der Waals surface area contributed by atoms with Crippen LogP contribution in [0.25, 0.3) is 5.57 Å². The van der Waals surface area contributed by atoms with Crippen LogP contribution in [0.4, 0.5) is 4.79 Å². The van der Waals surface area contributed by atoms with Gasteiger partial charge >= 0.3 is 6.09 Å². The highest BCUT2D eigenvalue weighted by atomic mass is 32.2. The normalized spacial score (nSPS) is 19.8. The smallest absolute Gasteiger partial charge is 0.410 e. The van der Waals surface area contributed by atoms with Crippen molar-refractivity contribution in [3.8, 4) is 0 Å². The fraction of sp³-hybridized carbons (Fsp3) is 0.524. The van der Waals surface area contributed by atoms with Crippen LogP contribution in [0.5, 0.6) is 0 Å². The number of sulfonamides is 1. The van der Waals surface area contributed by atoms with Gasteiger partial charge in [-0.3, -0.25) is 4.98 Å². The minimum Gasteiger partial charge on any atom is -0.447 e. The fourth-order valence-electron chi connectivity index (χ4n) is 3.42. The van der Waals surface area contributed by atoms with E-state index in [1.165, 1.54) is 6.08 Å². The van der Waals surface area contributed by atoms with E-state index in [1.54, 1.807) is 18.7 Å². The summed E-state index contributed by atoms with van der Waals surface area (Å²) in [5.41, 5.74) is 2.39. The molecule has 8 heteroatoms. The molecular formula is C21H31N3O4S. The van der Waals surface area contributed by atoms with E-state index in [0.29, 0.717) is 25.8 Å². The SMILES string of the molecule is C=CCS(=O)(=O)N[C@H]1CCCN(C(=O)OC(C)C)[C@H]1Cc1cccc(C(=C)C)n1. The first-order chi connectivity index (χ1) is 13.6. The quantitative estimate of drug-likeness (QED) is 0.652. The zero-order valence-electron chi connectivity index (χ0n) is 17.4. The van der Waals surface area contributed by atoms with E-state index >= 15 is 0 Å². The van der Waals surface area contributed by atoms with Crippen molar-refractivity contribution in [1.82, 2.24) is 14.6 Å². The van der Waals surface area contributed by atoms with Crippen molar-refractivity contribution in [2.45, 2.75) is 58.2 Å². The van der Waals surface area contributed by atoms with Crippen LogP contribution >= 0.6 is 0 Å². The number of nitrogens with one attached hydrogen (secondary N) is 1. The van der Waals surface area contributed by atoms with Gasteiger partial charge in [0.25, 0.3) is 0 Å². The van der Waals surface area contributed by atoms with Gasteiger partial charge in [0.05, 0.1) is 23.6 Å². The second-order valence-corrected chi connectivity index (χ2v) is 9.43. The van der Waals surface area contributed by atoms with E-state index in [2.05, 4.69) is 22.9 Å². The standard InChI is InChI=1S/C21H31N3O4S/c1-6-13-29(26,27)23-19-11-8-12-24(21(25)28-16(4)5)20(19)14-17-9-7-10-18(22-17)15(2)3/h6-7,9-10,16,19-20,23H,1-2,8,11-14H2,3-5H3/t19-,20-/m0/s1. The number of aromatic nitrogens is 1. The Morgan fingerprint density at radius 3 is 2.79 bits per heavy atom. The number of carbonyl (C=O) groups excluding carboxylic acids is 1. The first kappa shape index (κ1) is 23.1. The van der Waals surface area contributed by atoms with Gasteiger partial charge in [-0.25, -0.2) is 17.9 Å². The molecule has 2 rings (SSSR count). The van der Waals surface area contributed by atoms with Crippen LogP contribution in [-0.2, 0) is 21.2 Å². The van der Waals surface area contributed by atoms with Gasteiger partial charge in [0.2, 0.25) is 10.0 Å². The summed E-state index contributed by atoms with van der Waals surface area (Å²) >= 11 is 0. The molecule has 7 nitrogen and oxygen atoms in total. The van der Waals surface area contributed by atoms with Crippen LogP contribution in [0.2, 0.25) is 0 Å². The van der Waals surface area contributed by atoms with E-state index in [0.717, 1.165) is 17.0 Å². The Morgan fingerprint density at radius 1 is 1.45 bits per heavy atom. The van der Waals surface area contributed by atoms with Crippen LogP contribution in [-0.4, -0.2) is 54.9 Å². The Kier molecular flexibility index (Phi) is 7.98. The first-order valence-electron chi connectivity index (χ1n) is 9.83. The molecule has 0 bridgehead atoms. The molecule has 1 amide bonds. The van der Waals surface area contributed by atoms with Crippen molar-refractivity contribution in [3.05, 3.63) is 48.8 Å². The van der Waals surface area contributed by atoms with Gasteiger partial charge in [-0.1, -0.05) is 18.7 Å². The van der Waals surface area contributed by atoms with Crippen LogP contribution in [0.1, 0.15) is 45.0 Å². The topological polar surface area (TPSA) is 88.6 Å². The second-order valence-electron chi connectivity index (χ2n) is 7.63. The number of piperidine rings is 1. The number of carbonyl (C=O) groups is 1. The molecule has 0 radical (unpaired) electrons. The van der Waals surface area contributed by atoms with Crippen molar-refractivity contribution in [1.29, 1.82) is 0 Å². The lowest BCUT2D eigenvalue weighted by atomic mass is 9.93. The number of hydrogen-bond acceptors (Lipinski definition) is 5. The molecule has 0 spiro atoms. The zero-order valence-corrected chi connectivity index (χ0v) is 18.2. The molecule has 0 unspecified atom stereocenters. The molecule has 1 aromatic rings. The number of pyridine rings is 1. The first-order valence-corrected chi connectivity index (χ1v) is 11.5. The third-order valence-electron chi connectivity index (χ3n) is 4.68. The maximum atomic E-state index is 12.7. The summed E-state index contributed by atoms with van der Waals surface area (Å²) < 4.78 is 32.9. The number of rotatable bonds is 8. The van der Waals surface area contributed by atoms with Gasteiger partial charge in [-0.05, 0) is 51.3 Å². The average molecular weight is 422 g/mol. The summed E-state index contributed by atoms with van der Waals surface area (Å²) in [5, 5.41) is 0. The number of nitrogens with zero attached hydrogens (tertiary/aromatic N) is 2. The van der Waals surface area contributed by atoms with E-state index in [4.69, 9.17) is 4.74 Å². The number of hydrogen-bond donors (Lipinski definition) is 1. The number of allylic oxidation sites excluding steroid dienone is 1. The molecule has 160 valence electrons. The van der Waals surface area contributed by atoms with Crippen LogP contribution in [0.15, 0.2) is 37.4 Å². The molecule has 0 aromatic carbocycles. The van der Waals surface area contributed by atoms with Gasteiger partial charge in [-0.15, -0.1) is 6.58 Å². The minimum atomic E-state index is -3.53. The minimum absolute atomic E-state index is 0.171. The molecule has 1 aromatic heterocycles. The molecule has 2 atom stereocenters. The number of likely N-dealkylation sites (tertiary alicyclic amines) is 1. The third-order valence-corrected chi connectivity index (χ3v) is 6.02. The lowest BCUT2D eigenvalue weighted by Gasteiger charge is -2.41. The molecular weight excluding hydrogens is 390 g/mol. The van der Waals surface area contributed by atoms with E-state index in [-0.39, 0.29) is 11.9 Å². The van der Waals surface area contributed by atoms with Gasteiger partial charge < -0.3 is 9.64 Å². The Balaban J connectivity index is 2.34. The summed E-state index contributed by atoms with van der Waals surface area (Å²) in [7, 11) is -3.53. The maximum Gasteiger partial charge on any atom is 0.410 e.